The second-order valence-electron chi connectivity index (χ2n) is 5.99. The van der Waals surface area contributed by atoms with Gasteiger partial charge in [0, 0.05) is 17.0 Å². The van der Waals surface area contributed by atoms with Crippen LogP contribution in [0.5, 0.6) is 0 Å². The summed E-state index contributed by atoms with van der Waals surface area (Å²) >= 11 is 1.59. The van der Waals surface area contributed by atoms with Crippen LogP contribution in [-0.4, -0.2) is 32.5 Å². The summed E-state index contributed by atoms with van der Waals surface area (Å²) in [6, 6.07) is 0. The van der Waals surface area contributed by atoms with Crippen LogP contribution < -0.4 is 5.73 Å². The molecule has 2 N–H and O–H groups in total. The predicted molar refractivity (Wildman–Crippen MR) is 90.6 cm³/mol. The van der Waals surface area contributed by atoms with Crippen LogP contribution in [0.15, 0.2) is 10.9 Å². The smallest absolute Gasteiger partial charge is 0.227 e. The number of fused-ring (bicyclic) bond motifs is 3. The number of thiophene rings is 1. The summed E-state index contributed by atoms with van der Waals surface area (Å²) in [5.74, 6) is 1.32. The first-order valence-electron chi connectivity index (χ1n) is 7.75. The normalized spacial score (nSPS) is 14.2. The van der Waals surface area contributed by atoms with Crippen molar-refractivity contribution in [2.75, 3.05) is 12.3 Å². The molecule has 124 valence electrons. The Balaban J connectivity index is 1.59. The quantitative estimate of drug-likeness (QED) is 0.764. The molecule has 4 rings (SSSR count). The van der Waals surface area contributed by atoms with Gasteiger partial charge >= 0.3 is 0 Å². The lowest BCUT2D eigenvalue weighted by atomic mass is 10.0. The molecule has 0 radical (unpaired) electrons. The number of carbonyl (C=O) groups excluding carboxylic acids is 1. The topological polar surface area (TPSA) is 98.1 Å². The maximum atomic E-state index is 12.7. The molecular weight excluding hydrogens is 326 g/mol. The molecule has 1 aliphatic rings. The number of hydrogen-bond donors (Lipinski definition) is 1. The Labute approximate surface area is 142 Å². The van der Waals surface area contributed by atoms with Crippen LogP contribution in [0.1, 0.15) is 27.5 Å². The third-order valence-electron chi connectivity index (χ3n) is 4.53. The summed E-state index contributed by atoms with van der Waals surface area (Å²) in [5.41, 5.74) is 8.86. The van der Waals surface area contributed by atoms with Crippen LogP contribution in [0.4, 0.5) is 5.82 Å². The molecule has 0 unspecified atom stereocenters. The van der Waals surface area contributed by atoms with Gasteiger partial charge in [-0.1, -0.05) is 5.16 Å². The Kier molecular flexibility index (Phi) is 3.49. The lowest BCUT2D eigenvalue weighted by Gasteiger charge is -2.27. The average molecular weight is 343 g/mol. The Morgan fingerprint density at radius 3 is 3.00 bits per heavy atom. The fourth-order valence-electron chi connectivity index (χ4n) is 3.18. The number of nitrogen functional groups attached to an aromatic ring is 1. The van der Waals surface area contributed by atoms with Gasteiger partial charge in [-0.05, 0) is 25.8 Å². The highest BCUT2D eigenvalue weighted by Gasteiger charge is 2.26. The van der Waals surface area contributed by atoms with Gasteiger partial charge in [-0.2, -0.15) is 0 Å². The van der Waals surface area contributed by atoms with Crippen molar-refractivity contribution in [3.05, 3.63) is 33.8 Å². The summed E-state index contributed by atoms with van der Waals surface area (Å²) in [7, 11) is 0. The van der Waals surface area contributed by atoms with E-state index in [1.54, 1.807) is 11.3 Å². The van der Waals surface area contributed by atoms with E-state index in [0.717, 1.165) is 32.8 Å². The molecule has 0 fully saturated rings. The van der Waals surface area contributed by atoms with Crippen molar-refractivity contribution in [3.63, 3.8) is 0 Å². The number of nitrogens with two attached hydrogens (primary N) is 1. The van der Waals surface area contributed by atoms with Crippen molar-refractivity contribution in [2.24, 2.45) is 0 Å². The van der Waals surface area contributed by atoms with Gasteiger partial charge in [0.25, 0.3) is 0 Å². The molecule has 0 aliphatic carbocycles. The van der Waals surface area contributed by atoms with E-state index in [2.05, 4.69) is 15.1 Å². The van der Waals surface area contributed by atoms with Crippen LogP contribution in [-0.2, 0) is 24.2 Å². The van der Waals surface area contributed by atoms with Crippen LogP contribution in [0, 0.1) is 13.8 Å². The molecule has 1 amide bonds. The van der Waals surface area contributed by atoms with Gasteiger partial charge in [0.15, 0.2) is 0 Å². The van der Waals surface area contributed by atoms with E-state index in [0.29, 0.717) is 31.1 Å². The molecule has 3 aromatic heterocycles. The van der Waals surface area contributed by atoms with E-state index in [1.165, 1.54) is 11.9 Å². The standard InChI is InChI=1S/C16H17N5O2S/c1-8-11(9(2)23-20-8)5-13(22)21-4-3-10-12(6-21)24-16-14(10)15(17)18-7-19-16/h7H,3-6H2,1-2H3,(H2,17,18,19). The number of hydrogen-bond acceptors (Lipinski definition) is 7. The zero-order chi connectivity index (χ0) is 16.8. The van der Waals surface area contributed by atoms with E-state index in [9.17, 15) is 4.79 Å². The summed E-state index contributed by atoms with van der Waals surface area (Å²) in [6.45, 7) is 4.97. The highest BCUT2D eigenvalue weighted by atomic mass is 32.1. The fraction of sp³-hybridized carbons (Fsp3) is 0.375. The minimum absolute atomic E-state index is 0.0894. The zero-order valence-corrected chi connectivity index (χ0v) is 14.3. The van der Waals surface area contributed by atoms with Gasteiger partial charge in [-0.15, -0.1) is 11.3 Å². The monoisotopic (exact) mass is 343 g/mol. The minimum Gasteiger partial charge on any atom is -0.383 e. The molecule has 0 saturated heterocycles. The molecule has 4 heterocycles. The average Bonchev–Trinajstić information content (AvgIpc) is 3.09. The molecule has 0 aromatic carbocycles. The van der Waals surface area contributed by atoms with Crippen LogP contribution in [0.25, 0.3) is 10.2 Å². The number of aromatic nitrogens is 3. The highest BCUT2D eigenvalue weighted by molar-refractivity contribution is 7.19. The van der Waals surface area contributed by atoms with Crippen LogP contribution in [0.2, 0.25) is 0 Å². The molecule has 7 nitrogen and oxygen atoms in total. The number of amides is 1. The Bertz CT molecular complexity index is 926. The Morgan fingerprint density at radius 2 is 2.25 bits per heavy atom. The third-order valence-corrected chi connectivity index (χ3v) is 5.65. The van der Waals surface area contributed by atoms with Crippen molar-refractivity contribution in [1.82, 2.24) is 20.0 Å². The molecule has 0 atom stereocenters. The van der Waals surface area contributed by atoms with Crippen molar-refractivity contribution < 1.29 is 9.32 Å². The predicted octanol–water partition coefficient (Wildman–Crippen LogP) is 2.01. The number of aryl methyl sites for hydroxylation is 2. The summed E-state index contributed by atoms with van der Waals surface area (Å²) in [6.07, 6.45) is 2.59. The molecule has 3 aromatic rings. The number of anilines is 1. The van der Waals surface area contributed by atoms with E-state index < -0.39 is 0 Å². The van der Waals surface area contributed by atoms with Gasteiger partial charge in [-0.3, -0.25) is 4.79 Å². The van der Waals surface area contributed by atoms with Crippen molar-refractivity contribution in [2.45, 2.75) is 33.2 Å². The molecule has 8 heteroatoms. The van der Waals surface area contributed by atoms with Crippen molar-refractivity contribution in [3.8, 4) is 0 Å². The maximum Gasteiger partial charge on any atom is 0.227 e. The van der Waals surface area contributed by atoms with Gasteiger partial charge in [0.1, 0.15) is 22.7 Å². The molecule has 0 saturated carbocycles. The number of nitrogens with zero attached hydrogens (tertiary/aromatic N) is 4. The second kappa shape index (κ2) is 5.55. The van der Waals surface area contributed by atoms with Crippen LogP contribution in [0.3, 0.4) is 0 Å². The summed E-state index contributed by atoms with van der Waals surface area (Å²) < 4.78 is 5.15. The van der Waals surface area contributed by atoms with Gasteiger partial charge in [0.2, 0.25) is 5.91 Å². The lowest BCUT2D eigenvalue weighted by molar-refractivity contribution is -0.131. The lowest BCUT2D eigenvalue weighted by Crippen LogP contribution is -2.36. The first kappa shape index (κ1) is 15.1. The van der Waals surface area contributed by atoms with E-state index in [4.69, 9.17) is 10.3 Å². The van der Waals surface area contributed by atoms with E-state index in [-0.39, 0.29) is 5.91 Å². The first-order valence-corrected chi connectivity index (χ1v) is 8.56. The van der Waals surface area contributed by atoms with Crippen LogP contribution >= 0.6 is 11.3 Å². The van der Waals surface area contributed by atoms with Crippen molar-refractivity contribution >= 4 is 33.3 Å². The molecule has 1 aliphatic heterocycles. The SMILES string of the molecule is Cc1noc(C)c1CC(=O)N1CCc2c(sc3ncnc(N)c23)C1. The molecule has 24 heavy (non-hydrogen) atoms. The minimum atomic E-state index is 0.0894. The largest absolute Gasteiger partial charge is 0.383 e. The second-order valence-corrected chi connectivity index (χ2v) is 7.07. The summed E-state index contributed by atoms with van der Waals surface area (Å²) in [5, 5.41) is 4.87. The zero-order valence-electron chi connectivity index (χ0n) is 13.5. The van der Waals surface area contributed by atoms with Gasteiger partial charge in [-0.25, -0.2) is 9.97 Å². The van der Waals surface area contributed by atoms with Gasteiger partial charge < -0.3 is 15.2 Å². The Hall–Kier alpha value is -2.48. The summed E-state index contributed by atoms with van der Waals surface area (Å²) in [4.78, 5) is 25.0. The number of rotatable bonds is 2. The van der Waals surface area contributed by atoms with Crippen molar-refractivity contribution in [1.29, 1.82) is 0 Å². The maximum absolute atomic E-state index is 12.7. The highest BCUT2D eigenvalue weighted by Crippen LogP contribution is 2.36. The van der Waals surface area contributed by atoms with E-state index >= 15 is 0 Å². The molecule has 0 bridgehead atoms. The molecular formula is C16H17N5O2S. The van der Waals surface area contributed by atoms with E-state index in [1.807, 2.05) is 18.7 Å². The van der Waals surface area contributed by atoms with Gasteiger partial charge in [0.05, 0.1) is 24.0 Å². The first-order chi connectivity index (χ1) is 11.5. The Morgan fingerprint density at radius 1 is 1.42 bits per heavy atom. The fourth-order valence-corrected chi connectivity index (χ4v) is 4.39. The number of carbonyl (C=O) groups is 1. The molecule has 0 spiro atoms. The third kappa shape index (κ3) is 2.34.